The van der Waals surface area contributed by atoms with Crippen LogP contribution in [0.5, 0.6) is 0 Å². The van der Waals surface area contributed by atoms with E-state index in [0.717, 1.165) is 30.4 Å². The molecule has 3 aliphatic rings. The third kappa shape index (κ3) is 2.81. The van der Waals surface area contributed by atoms with Gasteiger partial charge in [-0.25, -0.2) is 0 Å². The molecule has 0 spiro atoms. The normalized spacial score (nSPS) is 30.5. The second-order valence-electron chi connectivity index (χ2n) is 7.68. The second-order valence-corrected chi connectivity index (χ2v) is 7.68. The molecule has 4 rings (SSSR count). The first kappa shape index (κ1) is 17.5. The number of likely N-dealkylation sites (tertiary alicyclic amines) is 1. The van der Waals surface area contributed by atoms with Crippen molar-refractivity contribution >= 4 is 11.8 Å². The molecule has 1 saturated heterocycles. The summed E-state index contributed by atoms with van der Waals surface area (Å²) >= 11 is 0. The minimum atomic E-state index is -0.369. The zero-order valence-electron chi connectivity index (χ0n) is 15.2. The minimum Gasteiger partial charge on any atom is -0.393 e. The van der Waals surface area contributed by atoms with E-state index in [-0.39, 0.29) is 29.6 Å². The van der Waals surface area contributed by atoms with Crippen LogP contribution in [0, 0.1) is 0 Å². The summed E-state index contributed by atoms with van der Waals surface area (Å²) in [4.78, 5) is 28.9. The molecule has 140 valence electrons. The van der Waals surface area contributed by atoms with Gasteiger partial charge in [-0.1, -0.05) is 18.2 Å². The lowest BCUT2D eigenvalue weighted by molar-refractivity contribution is -0.140. The standard InChI is InChI=1S/C20H26N2O4/c1-26-20-8-6-15(23)12-17(20)22(11-9-20)18(24)7-10-21-13-14-4-2-3-5-16(14)19(21)25/h2-5,15,17,23H,6-13H2,1H3. The van der Waals surface area contributed by atoms with Crippen LogP contribution in [0.3, 0.4) is 0 Å². The Hall–Kier alpha value is -1.92. The maximum atomic E-state index is 12.9. The third-order valence-corrected chi connectivity index (χ3v) is 6.37. The molecule has 2 fully saturated rings. The van der Waals surface area contributed by atoms with Gasteiger partial charge >= 0.3 is 0 Å². The highest BCUT2D eigenvalue weighted by molar-refractivity contribution is 5.98. The van der Waals surface area contributed by atoms with E-state index in [1.807, 2.05) is 29.2 Å². The van der Waals surface area contributed by atoms with Crippen molar-refractivity contribution in [1.29, 1.82) is 0 Å². The lowest BCUT2D eigenvalue weighted by atomic mass is 9.79. The first-order valence-corrected chi connectivity index (χ1v) is 9.44. The van der Waals surface area contributed by atoms with Crippen LogP contribution in [0.4, 0.5) is 0 Å². The molecule has 3 unspecified atom stereocenters. The molecule has 3 atom stereocenters. The highest BCUT2D eigenvalue weighted by atomic mass is 16.5. The van der Waals surface area contributed by atoms with E-state index >= 15 is 0 Å². The number of nitrogens with zero attached hydrogens (tertiary/aromatic N) is 2. The fourth-order valence-electron chi connectivity index (χ4n) is 4.84. The Morgan fingerprint density at radius 1 is 1.35 bits per heavy atom. The van der Waals surface area contributed by atoms with E-state index in [1.54, 1.807) is 12.0 Å². The third-order valence-electron chi connectivity index (χ3n) is 6.37. The number of hydrogen-bond acceptors (Lipinski definition) is 4. The van der Waals surface area contributed by atoms with Gasteiger partial charge < -0.3 is 19.6 Å². The van der Waals surface area contributed by atoms with E-state index in [4.69, 9.17) is 4.74 Å². The van der Waals surface area contributed by atoms with E-state index < -0.39 is 0 Å². The summed E-state index contributed by atoms with van der Waals surface area (Å²) in [6.07, 6.45) is 2.86. The zero-order chi connectivity index (χ0) is 18.3. The van der Waals surface area contributed by atoms with Crippen molar-refractivity contribution in [3.63, 3.8) is 0 Å². The molecule has 1 saturated carbocycles. The van der Waals surface area contributed by atoms with Crippen molar-refractivity contribution < 1.29 is 19.4 Å². The van der Waals surface area contributed by atoms with E-state index in [2.05, 4.69) is 0 Å². The smallest absolute Gasteiger partial charge is 0.254 e. The number of benzene rings is 1. The van der Waals surface area contributed by atoms with Crippen LogP contribution in [-0.2, 0) is 16.1 Å². The van der Waals surface area contributed by atoms with E-state index in [0.29, 0.717) is 32.5 Å². The second kappa shape index (κ2) is 6.67. The van der Waals surface area contributed by atoms with E-state index in [9.17, 15) is 14.7 Å². The molecule has 6 nitrogen and oxygen atoms in total. The van der Waals surface area contributed by atoms with E-state index in [1.165, 1.54) is 0 Å². The number of carbonyl (C=O) groups is 2. The average molecular weight is 358 g/mol. The summed E-state index contributed by atoms with van der Waals surface area (Å²) in [6.45, 7) is 1.67. The van der Waals surface area contributed by atoms with Crippen LogP contribution in [0.1, 0.15) is 48.0 Å². The summed E-state index contributed by atoms with van der Waals surface area (Å²) in [7, 11) is 1.71. The molecule has 1 aromatic carbocycles. The number of ether oxygens (including phenoxy) is 1. The monoisotopic (exact) mass is 358 g/mol. The highest BCUT2D eigenvalue weighted by Gasteiger charge is 2.52. The number of aliphatic hydroxyl groups excluding tert-OH is 1. The molecular formula is C20H26N2O4. The molecule has 0 radical (unpaired) electrons. The first-order valence-electron chi connectivity index (χ1n) is 9.44. The molecule has 2 aliphatic heterocycles. The van der Waals surface area contributed by atoms with Crippen LogP contribution < -0.4 is 0 Å². The fourth-order valence-corrected chi connectivity index (χ4v) is 4.84. The number of aliphatic hydroxyl groups is 1. The summed E-state index contributed by atoms with van der Waals surface area (Å²) in [5.41, 5.74) is 1.46. The Kier molecular flexibility index (Phi) is 4.49. The van der Waals surface area contributed by atoms with Crippen molar-refractivity contribution in [2.75, 3.05) is 20.2 Å². The van der Waals surface area contributed by atoms with Gasteiger partial charge in [-0.05, 0) is 37.3 Å². The Morgan fingerprint density at radius 2 is 2.15 bits per heavy atom. The largest absolute Gasteiger partial charge is 0.393 e. The molecule has 2 amide bonds. The number of amides is 2. The van der Waals surface area contributed by atoms with Gasteiger partial charge in [0.05, 0.1) is 17.7 Å². The number of fused-ring (bicyclic) bond motifs is 2. The molecule has 1 aliphatic carbocycles. The minimum absolute atomic E-state index is 0.00847. The van der Waals surface area contributed by atoms with Gasteiger partial charge in [0.2, 0.25) is 5.91 Å². The Morgan fingerprint density at radius 3 is 2.92 bits per heavy atom. The van der Waals surface area contributed by atoms with Gasteiger partial charge in [0.15, 0.2) is 0 Å². The maximum Gasteiger partial charge on any atom is 0.254 e. The molecule has 0 bridgehead atoms. The maximum absolute atomic E-state index is 12.9. The van der Waals surface area contributed by atoms with Crippen LogP contribution in [0.15, 0.2) is 24.3 Å². The summed E-state index contributed by atoms with van der Waals surface area (Å²) in [5.74, 6) is 0.0564. The van der Waals surface area contributed by atoms with Gasteiger partial charge in [-0.3, -0.25) is 9.59 Å². The molecule has 1 N–H and O–H groups in total. The number of hydrogen-bond donors (Lipinski definition) is 1. The summed E-state index contributed by atoms with van der Waals surface area (Å²) < 4.78 is 5.80. The predicted octanol–water partition coefficient (Wildman–Crippen LogP) is 1.56. The van der Waals surface area contributed by atoms with Crippen molar-refractivity contribution in [1.82, 2.24) is 9.80 Å². The Bertz CT molecular complexity index is 722. The zero-order valence-corrected chi connectivity index (χ0v) is 15.2. The molecular weight excluding hydrogens is 332 g/mol. The SMILES string of the molecule is COC12CCC(O)CC1N(C(=O)CCN1Cc3ccccc3C1=O)CC2. The average Bonchev–Trinajstić information content (AvgIpc) is 3.18. The van der Waals surface area contributed by atoms with Crippen molar-refractivity contribution in [3.05, 3.63) is 35.4 Å². The van der Waals surface area contributed by atoms with Crippen molar-refractivity contribution in [2.45, 2.75) is 56.4 Å². The molecule has 0 aromatic heterocycles. The van der Waals surface area contributed by atoms with Gasteiger partial charge in [-0.2, -0.15) is 0 Å². The van der Waals surface area contributed by atoms with Crippen LogP contribution >= 0.6 is 0 Å². The Labute approximate surface area is 153 Å². The highest BCUT2D eigenvalue weighted by Crippen LogP contribution is 2.42. The quantitative estimate of drug-likeness (QED) is 0.887. The molecule has 26 heavy (non-hydrogen) atoms. The summed E-state index contributed by atoms with van der Waals surface area (Å²) in [6, 6.07) is 7.55. The Balaban J connectivity index is 1.39. The number of carbonyl (C=O) groups excluding carboxylic acids is 2. The van der Waals surface area contributed by atoms with Gasteiger partial charge in [0.25, 0.3) is 5.91 Å². The van der Waals surface area contributed by atoms with Gasteiger partial charge in [-0.15, -0.1) is 0 Å². The van der Waals surface area contributed by atoms with Crippen LogP contribution in [0.2, 0.25) is 0 Å². The molecule has 2 heterocycles. The topological polar surface area (TPSA) is 70.1 Å². The van der Waals surface area contributed by atoms with Crippen LogP contribution in [0.25, 0.3) is 0 Å². The lowest BCUT2D eigenvalue weighted by Gasteiger charge is -2.42. The molecule has 1 aromatic rings. The summed E-state index contributed by atoms with van der Waals surface area (Å²) in [5, 5.41) is 10.1. The number of rotatable bonds is 4. The van der Waals surface area contributed by atoms with Crippen molar-refractivity contribution in [2.24, 2.45) is 0 Å². The van der Waals surface area contributed by atoms with Gasteiger partial charge in [0.1, 0.15) is 0 Å². The lowest BCUT2D eigenvalue weighted by Crippen LogP contribution is -2.53. The first-order chi connectivity index (χ1) is 12.5. The fraction of sp³-hybridized carbons (Fsp3) is 0.600. The van der Waals surface area contributed by atoms with Gasteiger partial charge in [0, 0.05) is 38.7 Å². The van der Waals surface area contributed by atoms with Crippen molar-refractivity contribution in [3.8, 4) is 0 Å². The molecule has 6 heteroatoms. The predicted molar refractivity (Wildman–Crippen MR) is 95.5 cm³/mol. The van der Waals surface area contributed by atoms with Crippen LogP contribution in [-0.4, -0.2) is 64.7 Å². The number of methoxy groups -OCH3 is 1.